The number of methoxy groups -OCH3 is 2. The van der Waals surface area contributed by atoms with Gasteiger partial charge in [-0.2, -0.15) is 4.57 Å². The van der Waals surface area contributed by atoms with Crippen LogP contribution in [0, 0.1) is 0 Å². The largest absolute Gasteiger partial charge is 0.493 e. The van der Waals surface area contributed by atoms with E-state index in [1.807, 2.05) is 24.3 Å². The van der Waals surface area contributed by atoms with Gasteiger partial charge < -0.3 is 19.3 Å². The molecule has 39 heavy (non-hydrogen) atoms. The number of pyridine rings is 1. The van der Waals surface area contributed by atoms with Crippen molar-refractivity contribution >= 4 is 16.7 Å². The lowest BCUT2D eigenvalue weighted by molar-refractivity contribution is -0.714. The Morgan fingerprint density at radius 2 is 1.77 bits per heavy atom. The summed E-state index contributed by atoms with van der Waals surface area (Å²) in [5.74, 6) is 1.59. The summed E-state index contributed by atoms with van der Waals surface area (Å²) in [5.41, 5.74) is 4.81. The predicted molar refractivity (Wildman–Crippen MR) is 152 cm³/mol. The van der Waals surface area contributed by atoms with Crippen molar-refractivity contribution in [2.75, 3.05) is 14.2 Å². The Hall–Kier alpha value is -4.06. The lowest BCUT2D eigenvalue weighted by atomic mass is 9.89. The monoisotopic (exact) mass is 526 g/mol. The molecule has 0 saturated carbocycles. The first kappa shape index (κ1) is 26.5. The third-order valence-corrected chi connectivity index (χ3v) is 7.59. The fourth-order valence-electron chi connectivity index (χ4n) is 5.58. The Kier molecular flexibility index (Phi) is 8.30. The van der Waals surface area contributed by atoms with Crippen LogP contribution < -0.4 is 18.8 Å². The van der Waals surface area contributed by atoms with Crippen LogP contribution in [-0.4, -0.2) is 25.3 Å². The first-order valence-corrected chi connectivity index (χ1v) is 13.7. The third kappa shape index (κ3) is 6.00. The molecule has 5 rings (SSSR count). The Morgan fingerprint density at radius 3 is 2.54 bits per heavy atom. The highest BCUT2D eigenvalue weighted by Gasteiger charge is 2.33. The summed E-state index contributed by atoms with van der Waals surface area (Å²) in [6.07, 6.45) is 8.17. The third-order valence-electron chi connectivity index (χ3n) is 7.59. The number of carbonyl (C=O) groups is 1. The minimum absolute atomic E-state index is 0.247. The molecule has 0 fully saturated rings. The number of carboxylic acid groups (broad SMARTS) is 1. The molecule has 1 aliphatic heterocycles. The predicted octanol–water partition coefficient (Wildman–Crippen LogP) is 6.91. The Morgan fingerprint density at radius 1 is 0.949 bits per heavy atom. The fraction of sp³-hybridized carbons (Fsp3) is 0.333. The molecule has 3 aromatic carbocycles. The Balaban J connectivity index is 1.46. The van der Waals surface area contributed by atoms with Gasteiger partial charge in [-0.1, -0.05) is 49.2 Å². The molecular weight excluding hydrogens is 490 g/mol. The second kappa shape index (κ2) is 12.2. The van der Waals surface area contributed by atoms with E-state index in [0.29, 0.717) is 18.4 Å². The van der Waals surface area contributed by atoms with Gasteiger partial charge in [-0.15, -0.1) is 0 Å². The maximum atomic E-state index is 10.8. The zero-order valence-corrected chi connectivity index (χ0v) is 22.7. The van der Waals surface area contributed by atoms with Crippen LogP contribution in [0.1, 0.15) is 55.7 Å². The van der Waals surface area contributed by atoms with Crippen LogP contribution in [0.5, 0.6) is 17.2 Å². The first-order valence-electron chi connectivity index (χ1n) is 13.7. The van der Waals surface area contributed by atoms with E-state index >= 15 is 0 Å². The number of hydrogen-bond acceptors (Lipinski definition) is 4. The highest BCUT2D eigenvalue weighted by Crippen LogP contribution is 2.40. The molecule has 0 radical (unpaired) electrons. The van der Waals surface area contributed by atoms with E-state index in [1.165, 1.54) is 11.1 Å². The summed E-state index contributed by atoms with van der Waals surface area (Å²) < 4.78 is 19.9. The van der Waals surface area contributed by atoms with Gasteiger partial charge in [0.05, 0.1) is 25.2 Å². The van der Waals surface area contributed by atoms with Crippen molar-refractivity contribution in [2.24, 2.45) is 0 Å². The number of aliphatic carboxylic acids is 1. The normalized spacial score (nSPS) is 13.9. The van der Waals surface area contributed by atoms with E-state index in [1.54, 1.807) is 14.2 Å². The maximum Gasteiger partial charge on any atom is 0.303 e. The molecule has 1 atom stereocenters. The standard InChI is InChI=1S/C33H35NO5/c1-37-31-17-15-25-19-30-28-20-27(39-22-23-10-6-5-7-11-23)16-14-24(28)18-26(12-8-3-4-9-13-32(35)36)34(30)21-29(25)33(31)38-2/h5-7,10-11,14-17,19-21,26H,3-4,8-9,12-13,18,22H2,1-2H3/p+1. The second-order valence-electron chi connectivity index (χ2n) is 10.2. The molecule has 2 heterocycles. The molecule has 202 valence electrons. The van der Waals surface area contributed by atoms with E-state index in [-0.39, 0.29) is 6.42 Å². The number of hydrogen-bond donors (Lipinski definition) is 1. The molecule has 4 aromatic rings. The Bertz CT molecular complexity index is 1450. The van der Waals surface area contributed by atoms with Crippen LogP contribution in [0.3, 0.4) is 0 Å². The second-order valence-corrected chi connectivity index (χ2v) is 10.2. The van der Waals surface area contributed by atoms with Crippen molar-refractivity contribution in [2.45, 2.75) is 57.6 Å². The quantitative estimate of drug-likeness (QED) is 0.160. The SMILES string of the molecule is COc1ccc2cc3[n+](cc2c1OC)C(CCCCCCC(=O)O)Cc1ccc(OCc2ccccc2)cc1-3. The highest BCUT2D eigenvalue weighted by molar-refractivity contribution is 5.91. The number of nitrogens with zero attached hydrogens (tertiary/aromatic N) is 1. The van der Waals surface area contributed by atoms with Gasteiger partial charge in [-0.3, -0.25) is 4.79 Å². The average molecular weight is 527 g/mol. The molecule has 1 N–H and O–H groups in total. The van der Waals surface area contributed by atoms with Gasteiger partial charge in [-0.05, 0) is 53.6 Å². The molecular formula is C33H36NO5+. The zero-order valence-electron chi connectivity index (χ0n) is 22.7. The van der Waals surface area contributed by atoms with Gasteiger partial charge in [0.2, 0.25) is 5.69 Å². The zero-order chi connectivity index (χ0) is 27.2. The molecule has 6 heteroatoms. The topological polar surface area (TPSA) is 68.9 Å². The van der Waals surface area contributed by atoms with E-state index in [4.69, 9.17) is 19.3 Å². The van der Waals surface area contributed by atoms with Crippen molar-refractivity contribution in [1.29, 1.82) is 0 Å². The molecule has 1 aromatic heterocycles. The molecule has 6 nitrogen and oxygen atoms in total. The highest BCUT2D eigenvalue weighted by atomic mass is 16.5. The number of fused-ring (bicyclic) bond motifs is 4. The smallest absolute Gasteiger partial charge is 0.303 e. The van der Waals surface area contributed by atoms with Crippen LogP contribution in [0.4, 0.5) is 0 Å². The molecule has 0 amide bonds. The van der Waals surface area contributed by atoms with Gasteiger partial charge in [0.1, 0.15) is 12.4 Å². The van der Waals surface area contributed by atoms with Crippen LogP contribution in [-0.2, 0) is 17.8 Å². The fourth-order valence-corrected chi connectivity index (χ4v) is 5.58. The number of benzene rings is 3. The Labute approximate surface area is 229 Å². The van der Waals surface area contributed by atoms with Crippen molar-refractivity contribution < 1.29 is 28.7 Å². The average Bonchev–Trinajstić information content (AvgIpc) is 2.96. The lowest BCUT2D eigenvalue weighted by Crippen LogP contribution is -2.45. The van der Waals surface area contributed by atoms with Crippen LogP contribution in [0.2, 0.25) is 0 Å². The van der Waals surface area contributed by atoms with Gasteiger partial charge in [0.25, 0.3) is 0 Å². The van der Waals surface area contributed by atoms with Gasteiger partial charge in [0, 0.05) is 25.3 Å². The van der Waals surface area contributed by atoms with Crippen LogP contribution in [0.25, 0.3) is 22.0 Å². The van der Waals surface area contributed by atoms with Crippen molar-refractivity contribution in [3.8, 4) is 28.5 Å². The minimum Gasteiger partial charge on any atom is -0.493 e. The van der Waals surface area contributed by atoms with E-state index in [0.717, 1.165) is 72.1 Å². The lowest BCUT2D eigenvalue weighted by Gasteiger charge is -2.24. The summed E-state index contributed by atoms with van der Waals surface area (Å²) in [6.45, 7) is 0.527. The van der Waals surface area contributed by atoms with Crippen molar-refractivity contribution in [1.82, 2.24) is 0 Å². The van der Waals surface area contributed by atoms with Crippen molar-refractivity contribution in [3.63, 3.8) is 0 Å². The van der Waals surface area contributed by atoms with Crippen LogP contribution >= 0.6 is 0 Å². The number of rotatable bonds is 12. The summed E-state index contributed by atoms with van der Waals surface area (Å²) in [6, 6.07) is 23.2. The summed E-state index contributed by atoms with van der Waals surface area (Å²) in [5, 5.41) is 11.0. The molecule has 1 unspecified atom stereocenters. The van der Waals surface area contributed by atoms with Gasteiger partial charge in [0.15, 0.2) is 23.7 Å². The molecule has 0 saturated heterocycles. The number of unbranched alkanes of at least 4 members (excludes halogenated alkanes) is 3. The summed E-state index contributed by atoms with van der Waals surface area (Å²) in [7, 11) is 3.34. The van der Waals surface area contributed by atoms with E-state index < -0.39 is 5.97 Å². The van der Waals surface area contributed by atoms with E-state index in [2.05, 4.69) is 53.2 Å². The summed E-state index contributed by atoms with van der Waals surface area (Å²) >= 11 is 0. The number of carboxylic acids is 1. The summed E-state index contributed by atoms with van der Waals surface area (Å²) in [4.78, 5) is 10.8. The van der Waals surface area contributed by atoms with Gasteiger partial charge >= 0.3 is 5.97 Å². The molecule has 1 aliphatic rings. The van der Waals surface area contributed by atoms with Gasteiger partial charge in [-0.25, -0.2) is 0 Å². The molecule has 0 bridgehead atoms. The first-order chi connectivity index (χ1) is 19.1. The molecule has 0 spiro atoms. The maximum absolute atomic E-state index is 10.8. The molecule has 0 aliphatic carbocycles. The van der Waals surface area contributed by atoms with Crippen molar-refractivity contribution in [3.05, 3.63) is 84.1 Å². The van der Waals surface area contributed by atoms with E-state index in [9.17, 15) is 4.79 Å². The minimum atomic E-state index is -0.716. The van der Waals surface area contributed by atoms with Crippen LogP contribution in [0.15, 0.2) is 72.9 Å². The number of aromatic nitrogens is 1. The number of ether oxygens (including phenoxy) is 3.